The minimum Gasteiger partial charge on any atom is -0.284 e. The summed E-state index contributed by atoms with van der Waals surface area (Å²) in [6.45, 7) is 5.86. The zero-order chi connectivity index (χ0) is 23.5. The van der Waals surface area contributed by atoms with Crippen molar-refractivity contribution in [3.63, 3.8) is 0 Å². The number of carbonyl (C=O) groups excluding carboxylic acids is 2. The molecule has 1 aliphatic rings. The number of rotatable bonds is 16. The quantitative estimate of drug-likeness (QED) is 0.185. The second kappa shape index (κ2) is 13.4. The maximum absolute atomic E-state index is 13.3. The predicted molar refractivity (Wildman–Crippen MR) is 132 cm³/mol. The summed E-state index contributed by atoms with van der Waals surface area (Å²) in [7, 11) is 0. The van der Waals surface area contributed by atoms with Crippen LogP contribution in [0.2, 0.25) is 0 Å². The van der Waals surface area contributed by atoms with Crippen molar-refractivity contribution in [3.05, 3.63) is 46.8 Å². The van der Waals surface area contributed by atoms with E-state index in [2.05, 4.69) is 13.8 Å². The number of aryl methyl sites for hydroxylation is 2. The van der Waals surface area contributed by atoms with Crippen molar-refractivity contribution in [2.75, 3.05) is 0 Å². The summed E-state index contributed by atoms with van der Waals surface area (Å²) in [5.74, 6) is -0.123. The van der Waals surface area contributed by atoms with E-state index >= 15 is 0 Å². The maximum atomic E-state index is 13.3. The van der Waals surface area contributed by atoms with Crippen LogP contribution in [-0.2, 0) is 13.1 Å². The van der Waals surface area contributed by atoms with Crippen LogP contribution in [0.1, 0.15) is 136 Å². The number of nitrogens with zero attached hydrogens (tertiary/aromatic N) is 3. The van der Waals surface area contributed by atoms with E-state index in [0.29, 0.717) is 35.6 Å². The largest absolute Gasteiger partial charge is 0.284 e. The highest BCUT2D eigenvalue weighted by Gasteiger charge is 2.42. The van der Waals surface area contributed by atoms with Gasteiger partial charge in [0.1, 0.15) is 13.1 Å². The Morgan fingerprint density at radius 3 is 1.82 bits per heavy atom. The molecule has 0 atom stereocenters. The van der Waals surface area contributed by atoms with Crippen LogP contribution in [0.15, 0.2) is 24.3 Å². The zero-order valence-electron chi connectivity index (χ0n) is 20.8. The van der Waals surface area contributed by atoms with Crippen LogP contribution in [0.3, 0.4) is 0 Å². The van der Waals surface area contributed by atoms with Gasteiger partial charge in [0.25, 0.3) is 0 Å². The van der Waals surface area contributed by atoms with Gasteiger partial charge in [0.05, 0.1) is 5.21 Å². The summed E-state index contributed by atoms with van der Waals surface area (Å²) in [4.78, 5) is 26.7. The molecule has 0 radical (unpaired) electrons. The highest BCUT2D eigenvalue weighted by atomic mass is 16.1. The van der Waals surface area contributed by atoms with Crippen LogP contribution >= 0.6 is 0 Å². The van der Waals surface area contributed by atoms with Gasteiger partial charge in [-0.05, 0) is 25.7 Å². The molecule has 0 bridgehead atoms. The molecule has 5 nitrogen and oxygen atoms in total. The molecule has 180 valence electrons. The Hall–Kier alpha value is -2.30. The van der Waals surface area contributed by atoms with E-state index in [1.807, 2.05) is 21.5 Å². The lowest BCUT2D eigenvalue weighted by molar-refractivity contribution is -0.757. The summed E-state index contributed by atoms with van der Waals surface area (Å²) >= 11 is 0. The van der Waals surface area contributed by atoms with Gasteiger partial charge in [-0.25, -0.2) is 0 Å². The standard InChI is InChI=1S/C28H42N3O2/c1-3-5-7-9-11-12-14-18-22-31-26-25(30(29-31)21-17-13-10-8-6-4-2)27(32)23-19-15-16-20-24(23)28(26)33/h15-16,19-20H,3-14,17-18,21-22H2,1-2H3/q+1. The van der Waals surface area contributed by atoms with E-state index < -0.39 is 0 Å². The Balaban J connectivity index is 1.67. The first-order valence-corrected chi connectivity index (χ1v) is 13.4. The van der Waals surface area contributed by atoms with E-state index in [9.17, 15) is 9.59 Å². The fourth-order valence-corrected chi connectivity index (χ4v) is 4.80. The topological polar surface area (TPSA) is 55.8 Å². The predicted octanol–water partition coefficient (Wildman–Crippen LogP) is 6.45. The average Bonchev–Trinajstić information content (AvgIpc) is 3.20. The number of benzene rings is 1. The summed E-state index contributed by atoms with van der Waals surface area (Å²) in [6.07, 6.45) is 17.0. The van der Waals surface area contributed by atoms with Crippen LogP contribution in [0.25, 0.3) is 0 Å². The molecule has 2 aromatic rings. The number of ketones is 2. The third kappa shape index (κ3) is 6.61. The Morgan fingerprint density at radius 2 is 1.21 bits per heavy atom. The second-order valence-corrected chi connectivity index (χ2v) is 9.48. The Morgan fingerprint density at radius 1 is 0.697 bits per heavy atom. The first kappa shape index (κ1) is 25.3. The van der Waals surface area contributed by atoms with Crippen molar-refractivity contribution >= 4 is 11.6 Å². The highest BCUT2D eigenvalue weighted by molar-refractivity contribution is 6.26. The molecular formula is C28H42N3O2+. The van der Waals surface area contributed by atoms with Gasteiger partial charge in [0, 0.05) is 11.1 Å². The molecule has 33 heavy (non-hydrogen) atoms. The molecule has 5 heteroatoms. The van der Waals surface area contributed by atoms with Gasteiger partial charge in [-0.15, -0.1) is 9.36 Å². The highest BCUT2D eigenvalue weighted by Crippen LogP contribution is 2.25. The monoisotopic (exact) mass is 452 g/mol. The Labute approximate surface area is 199 Å². The van der Waals surface area contributed by atoms with Crippen molar-refractivity contribution in [2.45, 2.75) is 117 Å². The van der Waals surface area contributed by atoms with Gasteiger partial charge in [-0.1, -0.05) is 102 Å². The first-order valence-electron chi connectivity index (χ1n) is 13.4. The van der Waals surface area contributed by atoms with E-state index in [1.165, 1.54) is 64.2 Å². The fraction of sp³-hybridized carbons (Fsp3) is 0.643. The number of fused-ring (bicyclic) bond motifs is 2. The van der Waals surface area contributed by atoms with Crippen molar-refractivity contribution in [1.29, 1.82) is 0 Å². The van der Waals surface area contributed by atoms with Crippen molar-refractivity contribution in [3.8, 4) is 0 Å². The molecule has 1 aromatic heterocycles. The van der Waals surface area contributed by atoms with Crippen LogP contribution in [-0.4, -0.2) is 21.5 Å². The lowest BCUT2D eigenvalue weighted by atomic mass is 9.90. The zero-order valence-corrected chi connectivity index (χ0v) is 20.8. The van der Waals surface area contributed by atoms with Gasteiger partial charge in [0.15, 0.2) is 0 Å². The fourth-order valence-electron chi connectivity index (χ4n) is 4.80. The maximum Gasteiger partial charge on any atom is 0.249 e. The normalized spacial score (nSPS) is 12.8. The third-order valence-electron chi connectivity index (χ3n) is 6.75. The summed E-state index contributed by atoms with van der Waals surface area (Å²) in [5, 5.41) is 4.76. The molecule has 0 fully saturated rings. The van der Waals surface area contributed by atoms with Gasteiger partial charge in [-0.3, -0.25) is 9.59 Å². The number of hydrogen-bond acceptors (Lipinski definition) is 3. The summed E-state index contributed by atoms with van der Waals surface area (Å²) in [6, 6.07) is 7.20. The lowest BCUT2D eigenvalue weighted by Gasteiger charge is -2.11. The third-order valence-corrected chi connectivity index (χ3v) is 6.75. The van der Waals surface area contributed by atoms with Crippen molar-refractivity contribution < 1.29 is 14.3 Å². The van der Waals surface area contributed by atoms with Crippen molar-refractivity contribution in [2.24, 2.45) is 0 Å². The van der Waals surface area contributed by atoms with Gasteiger partial charge >= 0.3 is 0 Å². The molecule has 0 saturated heterocycles. The smallest absolute Gasteiger partial charge is 0.249 e. The Kier molecular flexibility index (Phi) is 10.3. The number of carbonyl (C=O) groups is 2. The lowest BCUT2D eigenvalue weighted by Crippen LogP contribution is -2.43. The number of unbranched alkanes of at least 4 members (excludes halogenated alkanes) is 12. The van der Waals surface area contributed by atoms with E-state index in [1.54, 1.807) is 12.1 Å². The van der Waals surface area contributed by atoms with Crippen LogP contribution in [0, 0.1) is 0 Å². The van der Waals surface area contributed by atoms with Gasteiger partial charge in [-0.2, -0.15) is 0 Å². The summed E-state index contributed by atoms with van der Waals surface area (Å²) < 4.78 is 3.63. The van der Waals surface area contributed by atoms with E-state index in [0.717, 1.165) is 25.7 Å². The summed E-state index contributed by atoms with van der Waals surface area (Å²) in [5.41, 5.74) is 2.01. The number of hydrogen-bond donors (Lipinski definition) is 0. The van der Waals surface area contributed by atoms with Crippen molar-refractivity contribution in [1.82, 2.24) is 9.90 Å². The van der Waals surface area contributed by atoms with Crippen LogP contribution in [0.5, 0.6) is 0 Å². The molecule has 1 aromatic carbocycles. The number of aromatic nitrogens is 3. The van der Waals surface area contributed by atoms with Crippen LogP contribution < -0.4 is 4.68 Å². The molecular weight excluding hydrogens is 410 g/mol. The molecule has 1 aliphatic carbocycles. The second-order valence-electron chi connectivity index (χ2n) is 9.48. The first-order chi connectivity index (χ1) is 16.2. The molecule has 0 unspecified atom stereocenters. The minimum absolute atomic E-state index is 0.0611. The average molecular weight is 453 g/mol. The molecule has 0 spiro atoms. The van der Waals surface area contributed by atoms with Gasteiger partial charge < -0.3 is 0 Å². The SMILES string of the molecule is CCCCCCCCCC[n+]1nn(CCCCCCCC)c2c1C(=O)c1ccccc1C2=O. The Bertz CT molecular complexity index is 916. The van der Waals surface area contributed by atoms with E-state index in [4.69, 9.17) is 5.21 Å². The van der Waals surface area contributed by atoms with Crippen LogP contribution in [0.4, 0.5) is 0 Å². The van der Waals surface area contributed by atoms with E-state index in [-0.39, 0.29) is 11.6 Å². The molecule has 3 rings (SSSR count). The molecule has 0 amide bonds. The molecule has 0 N–H and O–H groups in total. The van der Waals surface area contributed by atoms with Gasteiger partial charge in [0.2, 0.25) is 23.0 Å². The molecule has 1 heterocycles. The minimum atomic E-state index is -0.0617. The molecule has 0 saturated carbocycles. The molecule has 0 aliphatic heterocycles.